The molecule has 0 aliphatic rings. The third-order valence-corrected chi connectivity index (χ3v) is 2.50. The van der Waals surface area contributed by atoms with E-state index < -0.39 is 6.09 Å². The van der Waals surface area contributed by atoms with Crippen LogP contribution < -0.4 is 10.8 Å². The molecular formula is C16H22N2O6. The molecule has 0 aliphatic heterocycles. The Hall–Kier alpha value is -2.71. The number of benzene rings is 1. The Morgan fingerprint density at radius 1 is 1.00 bits per heavy atom. The van der Waals surface area contributed by atoms with Gasteiger partial charge in [-0.05, 0) is 12.1 Å². The molecule has 1 aromatic rings. The molecule has 0 unspecified atom stereocenters. The zero-order chi connectivity index (χ0) is 17.5. The first kappa shape index (κ1) is 19.3. The van der Waals surface area contributed by atoms with Gasteiger partial charge in [-0.1, -0.05) is 25.3 Å². The molecule has 0 bridgehead atoms. The van der Waals surface area contributed by atoms with Gasteiger partial charge >= 0.3 is 6.09 Å². The molecule has 0 radical (unpaired) electrons. The number of hydrogen-bond acceptors (Lipinski definition) is 7. The Bertz CT molecular complexity index is 509. The zero-order valence-electron chi connectivity index (χ0n) is 13.4. The predicted octanol–water partition coefficient (Wildman–Crippen LogP) is 2.87. The molecule has 1 amide bonds. The average Bonchev–Trinajstić information content (AvgIpc) is 2.59. The van der Waals surface area contributed by atoms with Gasteiger partial charge in [0, 0.05) is 0 Å². The monoisotopic (exact) mass is 338 g/mol. The third kappa shape index (κ3) is 8.66. The highest BCUT2D eigenvalue weighted by Crippen LogP contribution is 2.21. The minimum Gasteiger partial charge on any atom is -0.499 e. The van der Waals surface area contributed by atoms with Crippen LogP contribution >= 0.6 is 0 Å². The molecule has 24 heavy (non-hydrogen) atoms. The molecule has 0 aromatic heterocycles. The summed E-state index contributed by atoms with van der Waals surface area (Å²) in [6, 6.07) is 6.99. The van der Waals surface area contributed by atoms with Gasteiger partial charge in [-0.2, -0.15) is 0 Å². The number of carbonyl (C=O) groups is 1. The van der Waals surface area contributed by atoms with Crippen LogP contribution in [0.1, 0.15) is 0 Å². The maximum absolute atomic E-state index is 11.7. The SMILES string of the molecule is C=COCCOCONc1ccccc1NC(=O)OCCOC=C. The lowest BCUT2D eigenvalue weighted by Crippen LogP contribution is -2.17. The van der Waals surface area contributed by atoms with Crippen molar-refractivity contribution in [1.29, 1.82) is 0 Å². The van der Waals surface area contributed by atoms with Crippen molar-refractivity contribution in [3.8, 4) is 0 Å². The first-order valence-corrected chi connectivity index (χ1v) is 7.21. The van der Waals surface area contributed by atoms with Crippen molar-refractivity contribution in [2.24, 2.45) is 0 Å². The van der Waals surface area contributed by atoms with E-state index in [0.29, 0.717) is 24.6 Å². The van der Waals surface area contributed by atoms with Crippen LogP contribution in [0.15, 0.2) is 49.9 Å². The molecule has 1 aromatic carbocycles. The average molecular weight is 338 g/mol. The van der Waals surface area contributed by atoms with Gasteiger partial charge < -0.3 is 18.9 Å². The van der Waals surface area contributed by atoms with E-state index in [1.807, 2.05) is 0 Å². The van der Waals surface area contributed by atoms with Crippen molar-refractivity contribution in [2.75, 3.05) is 44.0 Å². The second kappa shape index (κ2) is 12.8. The minimum atomic E-state index is -0.602. The molecule has 8 heteroatoms. The van der Waals surface area contributed by atoms with Gasteiger partial charge in [-0.15, -0.1) is 0 Å². The topological polar surface area (TPSA) is 87.3 Å². The van der Waals surface area contributed by atoms with Crippen molar-refractivity contribution in [3.05, 3.63) is 49.9 Å². The van der Waals surface area contributed by atoms with Crippen LogP contribution in [-0.2, 0) is 23.8 Å². The summed E-state index contributed by atoms with van der Waals surface area (Å²) in [4.78, 5) is 16.8. The van der Waals surface area contributed by atoms with E-state index in [-0.39, 0.29) is 20.0 Å². The van der Waals surface area contributed by atoms with Gasteiger partial charge in [-0.3, -0.25) is 10.8 Å². The molecule has 0 saturated heterocycles. The highest BCUT2D eigenvalue weighted by Gasteiger charge is 2.07. The third-order valence-electron chi connectivity index (χ3n) is 2.50. The Balaban J connectivity index is 2.31. The van der Waals surface area contributed by atoms with Crippen LogP contribution in [0.3, 0.4) is 0 Å². The van der Waals surface area contributed by atoms with Crippen molar-refractivity contribution in [3.63, 3.8) is 0 Å². The highest BCUT2D eigenvalue weighted by molar-refractivity contribution is 5.89. The fourth-order valence-electron chi connectivity index (χ4n) is 1.49. The second-order valence-electron chi connectivity index (χ2n) is 4.15. The molecular weight excluding hydrogens is 316 g/mol. The summed E-state index contributed by atoms with van der Waals surface area (Å²) >= 11 is 0. The molecule has 0 fully saturated rings. The lowest BCUT2D eigenvalue weighted by atomic mass is 10.3. The Morgan fingerprint density at radius 3 is 2.38 bits per heavy atom. The first-order valence-electron chi connectivity index (χ1n) is 7.21. The van der Waals surface area contributed by atoms with Gasteiger partial charge in [0.15, 0.2) is 6.79 Å². The van der Waals surface area contributed by atoms with Crippen LogP contribution in [0.25, 0.3) is 0 Å². The lowest BCUT2D eigenvalue weighted by Gasteiger charge is -2.13. The lowest BCUT2D eigenvalue weighted by molar-refractivity contribution is -0.0432. The maximum atomic E-state index is 11.7. The summed E-state index contributed by atoms with van der Waals surface area (Å²) in [5, 5.41) is 2.60. The van der Waals surface area contributed by atoms with Crippen molar-refractivity contribution in [1.82, 2.24) is 0 Å². The van der Waals surface area contributed by atoms with E-state index in [1.165, 1.54) is 12.5 Å². The number of nitrogens with one attached hydrogen (secondary N) is 2. The van der Waals surface area contributed by atoms with Crippen LogP contribution in [0, 0.1) is 0 Å². The van der Waals surface area contributed by atoms with Gasteiger partial charge in [-0.25, -0.2) is 9.63 Å². The van der Waals surface area contributed by atoms with Crippen LogP contribution in [-0.4, -0.2) is 39.3 Å². The molecule has 8 nitrogen and oxygen atoms in total. The molecule has 1 rings (SSSR count). The van der Waals surface area contributed by atoms with Gasteiger partial charge in [0.1, 0.15) is 19.8 Å². The first-order chi connectivity index (χ1) is 11.8. The van der Waals surface area contributed by atoms with Crippen molar-refractivity contribution in [2.45, 2.75) is 0 Å². The minimum absolute atomic E-state index is 0.0121. The summed E-state index contributed by atoms with van der Waals surface area (Å²) in [6.07, 6.45) is 2.02. The van der Waals surface area contributed by atoms with Crippen molar-refractivity contribution >= 4 is 17.5 Å². The summed E-state index contributed by atoms with van der Waals surface area (Å²) in [7, 11) is 0. The second-order valence-corrected chi connectivity index (χ2v) is 4.15. The van der Waals surface area contributed by atoms with E-state index in [9.17, 15) is 4.79 Å². The van der Waals surface area contributed by atoms with Crippen LogP contribution in [0.5, 0.6) is 0 Å². The van der Waals surface area contributed by atoms with E-state index >= 15 is 0 Å². The summed E-state index contributed by atoms with van der Waals surface area (Å²) in [5.74, 6) is 0. The van der Waals surface area contributed by atoms with Gasteiger partial charge in [0.25, 0.3) is 0 Å². The fraction of sp³-hybridized carbons (Fsp3) is 0.312. The van der Waals surface area contributed by atoms with Crippen LogP contribution in [0.2, 0.25) is 0 Å². The number of anilines is 2. The van der Waals surface area contributed by atoms with E-state index in [2.05, 4.69) is 24.0 Å². The summed E-state index contributed by atoms with van der Waals surface area (Å²) in [6.45, 7) is 7.94. The number of hydrogen-bond donors (Lipinski definition) is 2. The predicted molar refractivity (Wildman–Crippen MR) is 89.2 cm³/mol. The van der Waals surface area contributed by atoms with Crippen molar-refractivity contribution < 1.29 is 28.6 Å². The summed E-state index contributed by atoms with van der Waals surface area (Å²) in [5.41, 5.74) is 3.75. The largest absolute Gasteiger partial charge is 0.499 e. The number of ether oxygens (including phenoxy) is 4. The fourth-order valence-corrected chi connectivity index (χ4v) is 1.49. The molecule has 0 heterocycles. The Morgan fingerprint density at radius 2 is 1.67 bits per heavy atom. The Labute approximate surface area is 140 Å². The smallest absolute Gasteiger partial charge is 0.411 e. The molecule has 0 atom stereocenters. The maximum Gasteiger partial charge on any atom is 0.411 e. The molecule has 0 aliphatic carbocycles. The quantitative estimate of drug-likeness (QED) is 0.247. The number of rotatable bonds is 13. The van der Waals surface area contributed by atoms with E-state index in [4.69, 9.17) is 23.8 Å². The van der Waals surface area contributed by atoms with Crippen LogP contribution in [0.4, 0.5) is 16.2 Å². The Kier molecular flexibility index (Phi) is 10.3. The van der Waals surface area contributed by atoms with E-state index in [1.54, 1.807) is 24.3 Å². The number of amides is 1. The standard InChI is InChI=1S/C16H22N2O6/c1-3-20-9-10-22-13-24-18-15-8-6-5-7-14(15)17-16(19)23-12-11-21-4-2/h3-8,18H,1-2,9-13H2,(H,17,19). The highest BCUT2D eigenvalue weighted by atomic mass is 16.8. The van der Waals surface area contributed by atoms with Gasteiger partial charge in [0.2, 0.25) is 0 Å². The normalized spacial score (nSPS) is 9.67. The van der Waals surface area contributed by atoms with Gasteiger partial charge in [0.05, 0.1) is 30.5 Å². The number of para-hydroxylation sites is 2. The molecule has 2 N–H and O–H groups in total. The van der Waals surface area contributed by atoms with E-state index in [0.717, 1.165) is 0 Å². The molecule has 0 saturated carbocycles. The molecule has 132 valence electrons. The molecule has 0 spiro atoms. The zero-order valence-corrected chi connectivity index (χ0v) is 13.4. The summed E-state index contributed by atoms with van der Waals surface area (Å²) < 4.78 is 19.9. The number of carbonyl (C=O) groups excluding carboxylic acids is 1.